The minimum Gasteiger partial charge on any atom is -0.487 e. The molecule has 2 amide bonds. The monoisotopic (exact) mass is 355 g/mol. The van der Waals surface area contributed by atoms with Gasteiger partial charge in [0.2, 0.25) is 0 Å². The number of ether oxygens (including phenoxy) is 1. The van der Waals surface area contributed by atoms with Crippen molar-refractivity contribution in [2.75, 3.05) is 13.1 Å². The molecule has 0 spiro atoms. The molecule has 0 radical (unpaired) electrons. The lowest BCUT2D eigenvalue weighted by Gasteiger charge is -2.41. The molecule has 1 saturated heterocycles. The lowest BCUT2D eigenvalue weighted by atomic mass is 10.0. The highest BCUT2D eigenvalue weighted by Crippen LogP contribution is 2.31. The number of para-hydroxylation sites is 1. The van der Waals surface area contributed by atoms with Gasteiger partial charge in [0.05, 0.1) is 19.1 Å². The third kappa shape index (κ3) is 3.33. The number of hydrogen-bond donors (Lipinski definition) is 0. The van der Waals surface area contributed by atoms with Crippen molar-refractivity contribution < 1.29 is 9.53 Å². The van der Waals surface area contributed by atoms with Crippen LogP contribution in [0.15, 0.2) is 59.7 Å². The smallest absolute Gasteiger partial charge is 0.341 e. The van der Waals surface area contributed by atoms with Gasteiger partial charge in [0.25, 0.3) is 0 Å². The molecule has 0 aliphatic carbocycles. The molecular formula is C19H18ClN3O2. The summed E-state index contributed by atoms with van der Waals surface area (Å²) in [6, 6.07) is 17.1. The fourth-order valence-electron chi connectivity index (χ4n) is 3.07. The third-order valence-corrected chi connectivity index (χ3v) is 4.70. The van der Waals surface area contributed by atoms with E-state index in [2.05, 4.69) is 5.10 Å². The van der Waals surface area contributed by atoms with Gasteiger partial charge in [-0.3, -0.25) is 0 Å². The second-order valence-electron chi connectivity index (χ2n) is 6.19. The van der Waals surface area contributed by atoms with Gasteiger partial charge in [0.1, 0.15) is 11.9 Å². The van der Waals surface area contributed by atoms with Crippen molar-refractivity contribution >= 4 is 23.8 Å². The van der Waals surface area contributed by atoms with Crippen LogP contribution in [0.25, 0.3) is 0 Å². The second-order valence-corrected chi connectivity index (χ2v) is 6.62. The van der Waals surface area contributed by atoms with Crippen molar-refractivity contribution in [2.24, 2.45) is 5.10 Å². The first-order valence-electron chi connectivity index (χ1n) is 8.28. The van der Waals surface area contributed by atoms with Crippen molar-refractivity contribution in [3.05, 3.63) is 65.2 Å². The van der Waals surface area contributed by atoms with E-state index < -0.39 is 0 Å². The fraction of sp³-hybridized carbons (Fsp3) is 0.263. The number of nitrogens with zero attached hydrogens (tertiary/aromatic N) is 3. The minimum absolute atomic E-state index is 0.0342. The zero-order valence-corrected chi connectivity index (χ0v) is 14.3. The quantitative estimate of drug-likeness (QED) is 0.836. The average molecular weight is 356 g/mol. The summed E-state index contributed by atoms with van der Waals surface area (Å²) in [6.07, 6.45) is 2.53. The number of halogens is 1. The van der Waals surface area contributed by atoms with Crippen LogP contribution in [0.2, 0.25) is 5.02 Å². The molecule has 6 heteroatoms. The molecule has 2 aromatic carbocycles. The van der Waals surface area contributed by atoms with Crippen LogP contribution in [0.5, 0.6) is 5.75 Å². The van der Waals surface area contributed by atoms with Gasteiger partial charge in [-0.1, -0.05) is 41.9 Å². The Morgan fingerprint density at radius 1 is 1.08 bits per heavy atom. The van der Waals surface area contributed by atoms with Crippen molar-refractivity contribution in [1.82, 2.24) is 9.91 Å². The van der Waals surface area contributed by atoms with Gasteiger partial charge < -0.3 is 9.64 Å². The van der Waals surface area contributed by atoms with Gasteiger partial charge in [-0.2, -0.15) is 5.10 Å². The SMILES string of the molecule is O=C(N1CC(Oc2ccccc2)C1)N1N=CC[C@H]1c1ccc(Cl)cc1. The molecule has 2 aliphatic heterocycles. The number of carbonyl (C=O) groups excluding carboxylic acids is 1. The topological polar surface area (TPSA) is 45.1 Å². The van der Waals surface area contributed by atoms with Crippen LogP contribution in [0.3, 0.4) is 0 Å². The highest BCUT2D eigenvalue weighted by atomic mass is 35.5. The van der Waals surface area contributed by atoms with E-state index in [0.717, 1.165) is 11.3 Å². The zero-order chi connectivity index (χ0) is 17.2. The van der Waals surface area contributed by atoms with E-state index in [9.17, 15) is 4.79 Å². The Morgan fingerprint density at radius 2 is 1.80 bits per heavy atom. The van der Waals surface area contributed by atoms with E-state index in [4.69, 9.17) is 16.3 Å². The molecule has 0 N–H and O–H groups in total. The normalized spacial score (nSPS) is 19.8. The summed E-state index contributed by atoms with van der Waals surface area (Å²) in [4.78, 5) is 14.5. The van der Waals surface area contributed by atoms with Gasteiger partial charge in [0, 0.05) is 17.7 Å². The van der Waals surface area contributed by atoms with Crippen LogP contribution >= 0.6 is 11.6 Å². The highest BCUT2D eigenvalue weighted by molar-refractivity contribution is 6.30. The highest BCUT2D eigenvalue weighted by Gasteiger charge is 2.38. The Hall–Kier alpha value is -2.53. The molecule has 4 rings (SSSR count). The number of urea groups is 1. The standard InChI is InChI=1S/C19H18ClN3O2/c20-15-8-6-14(7-9-15)18-10-11-21-23(18)19(24)22-12-17(13-22)25-16-4-2-1-3-5-16/h1-9,11,17-18H,10,12-13H2/t18-/m0/s1. The van der Waals surface area contributed by atoms with Crippen molar-refractivity contribution in [3.63, 3.8) is 0 Å². The predicted molar refractivity (Wildman–Crippen MR) is 97.0 cm³/mol. The van der Waals surface area contributed by atoms with Gasteiger partial charge in [-0.15, -0.1) is 0 Å². The maximum Gasteiger partial charge on any atom is 0.341 e. The molecule has 25 heavy (non-hydrogen) atoms. The third-order valence-electron chi connectivity index (χ3n) is 4.45. The molecule has 128 valence electrons. The second kappa shape index (κ2) is 6.76. The average Bonchev–Trinajstić information content (AvgIpc) is 3.08. The number of likely N-dealkylation sites (tertiary alicyclic amines) is 1. The molecule has 0 bridgehead atoms. The van der Waals surface area contributed by atoms with E-state index in [-0.39, 0.29) is 18.2 Å². The zero-order valence-electron chi connectivity index (χ0n) is 13.6. The Bertz CT molecular complexity index is 773. The molecule has 0 aromatic heterocycles. The van der Waals surface area contributed by atoms with E-state index in [1.165, 1.54) is 0 Å². The number of carbonyl (C=O) groups is 1. The molecule has 0 saturated carbocycles. The first kappa shape index (κ1) is 16.0. The molecule has 1 atom stereocenters. The van der Waals surface area contributed by atoms with Crippen LogP contribution in [-0.4, -0.2) is 41.3 Å². The Labute approximate surface area is 151 Å². The summed E-state index contributed by atoms with van der Waals surface area (Å²) in [5.74, 6) is 0.831. The summed E-state index contributed by atoms with van der Waals surface area (Å²) in [5, 5.41) is 6.51. The maximum atomic E-state index is 12.7. The molecule has 2 aliphatic rings. The van der Waals surface area contributed by atoms with E-state index >= 15 is 0 Å². The fourth-order valence-corrected chi connectivity index (χ4v) is 3.19. The van der Waals surface area contributed by atoms with E-state index in [1.807, 2.05) is 54.6 Å². The van der Waals surface area contributed by atoms with Gasteiger partial charge in [-0.25, -0.2) is 9.80 Å². The number of hydrogen-bond acceptors (Lipinski definition) is 3. The number of amides is 2. The summed E-state index contributed by atoms with van der Waals surface area (Å²) in [5.41, 5.74) is 1.04. The van der Waals surface area contributed by atoms with E-state index in [0.29, 0.717) is 24.5 Å². The number of benzene rings is 2. The van der Waals surface area contributed by atoms with Crippen LogP contribution in [0.1, 0.15) is 18.0 Å². The molecular weight excluding hydrogens is 338 g/mol. The number of rotatable bonds is 3. The molecule has 2 aromatic rings. The molecule has 5 nitrogen and oxygen atoms in total. The Kier molecular flexibility index (Phi) is 4.32. The van der Waals surface area contributed by atoms with Gasteiger partial charge in [-0.05, 0) is 29.8 Å². The summed E-state index contributed by atoms with van der Waals surface area (Å²) in [7, 11) is 0. The van der Waals surface area contributed by atoms with Crippen LogP contribution in [-0.2, 0) is 0 Å². The lowest BCUT2D eigenvalue weighted by Crippen LogP contribution is -2.58. The van der Waals surface area contributed by atoms with Gasteiger partial charge in [0.15, 0.2) is 0 Å². The van der Waals surface area contributed by atoms with Crippen molar-refractivity contribution in [2.45, 2.75) is 18.6 Å². The Balaban J connectivity index is 1.36. The van der Waals surface area contributed by atoms with Crippen LogP contribution < -0.4 is 4.74 Å². The summed E-state index contributed by atoms with van der Waals surface area (Å²) in [6.45, 7) is 1.15. The minimum atomic E-state index is -0.0818. The molecule has 2 heterocycles. The van der Waals surface area contributed by atoms with E-state index in [1.54, 1.807) is 16.1 Å². The van der Waals surface area contributed by atoms with Crippen LogP contribution in [0.4, 0.5) is 4.79 Å². The Morgan fingerprint density at radius 3 is 2.52 bits per heavy atom. The lowest BCUT2D eigenvalue weighted by molar-refractivity contribution is 0.0277. The van der Waals surface area contributed by atoms with Gasteiger partial charge >= 0.3 is 6.03 Å². The molecule has 0 unspecified atom stereocenters. The first-order chi connectivity index (χ1) is 12.2. The maximum absolute atomic E-state index is 12.7. The largest absolute Gasteiger partial charge is 0.487 e. The van der Waals surface area contributed by atoms with Crippen LogP contribution in [0, 0.1) is 0 Å². The first-order valence-corrected chi connectivity index (χ1v) is 8.66. The summed E-state index contributed by atoms with van der Waals surface area (Å²) < 4.78 is 5.85. The predicted octanol–water partition coefficient (Wildman–Crippen LogP) is 3.96. The summed E-state index contributed by atoms with van der Waals surface area (Å²) >= 11 is 5.95. The molecule has 1 fully saturated rings. The van der Waals surface area contributed by atoms with Crippen molar-refractivity contribution in [1.29, 1.82) is 0 Å². The van der Waals surface area contributed by atoms with Crippen molar-refractivity contribution in [3.8, 4) is 5.75 Å². The number of hydrazone groups is 1.